The normalized spacial score (nSPS) is 11.6. The number of rotatable bonds is 5. The zero-order valence-electron chi connectivity index (χ0n) is 10.8. The number of furan rings is 1. The summed E-state index contributed by atoms with van der Waals surface area (Å²) in [6, 6.07) is 6.52. The minimum absolute atomic E-state index is 0.0300. The molecule has 0 radical (unpaired) electrons. The Morgan fingerprint density at radius 3 is 2.71 bits per heavy atom. The molecular formula is C12H11BrClIN2O3S. The molecule has 0 aliphatic heterocycles. The van der Waals surface area contributed by atoms with E-state index in [1.807, 2.05) is 0 Å². The monoisotopic (exact) mass is 504 g/mol. The Hall–Kier alpha value is -0.290. The Kier molecular flexibility index (Phi) is 5.58. The average Bonchev–Trinajstić information content (AvgIpc) is 2.75. The Morgan fingerprint density at radius 2 is 2.10 bits per heavy atom. The van der Waals surface area contributed by atoms with Crippen molar-refractivity contribution in [3.63, 3.8) is 0 Å². The molecule has 1 aromatic carbocycles. The van der Waals surface area contributed by atoms with Crippen LogP contribution in [0.2, 0.25) is 5.02 Å². The Bertz CT molecular complexity index is 764. The highest BCUT2D eigenvalue weighted by Gasteiger charge is 2.23. The molecular weight excluding hydrogens is 494 g/mol. The molecule has 1 heterocycles. The van der Waals surface area contributed by atoms with E-state index in [0.717, 1.165) is 3.57 Å². The summed E-state index contributed by atoms with van der Waals surface area (Å²) in [5.74, 6) is 0.512. The lowest BCUT2D eigenvalue weighted by Crippen LogP contribution is -2.13. The number of hydrogen-bond acceptors (Lipinski definition) is 4. The average molecular weight is 506 g/mol. The van der Waals surface area contributed by atoms with Crippen molar-refractivity contribution in [1.82, 2.24) is 5.32 Å². The van der Waals surface area contributed by atoms with E-state index in [0.29, 0.717) is 23.0 Å². The third-order valence-electron chi connectivity index (χ3n) is 2.52. The number of benzene rings is 1. The van der Waals surface area contributed by atoms with E-state index in [2.05, 4.69) is 48.6 Å². The number of anilines is 1. The molecule has 114 valence electrons. The largest absolute Gasteiger partial charge is 0.451 e. The Labute approximate surface area is 149 Å². The lowest BCUT2D eigenvalue weighted by atomic mass is 10.3. The first-order valence-electron chi connectivity index (χ1n) is 5.74. The van der Waals surface area contributed by atoms with E-state index in [9.17, 15) is 8.42 Å². The highest BCUT2D eigenvalue weighted by atomic mass is 127. The first kappa shape index (κ1) is 17.1. The van der Waals surface area contributed by atoms with Crippen LogP contribution in [0.5, 0.6) is 0 Å². The molecule has 0 saturated carbocycles. The van der Waals surface area contributed by atoms with Crippen molar-refractivity contribution < 1.29 is 12.8 Å². The molecule has 2 aromatic rings. The van der Waals surface area contributed by atoms with Crippen molar-refractivity contribution in [2.24, 2.45) is 0 Å². The molecule has 0 aliphatic rings. The molecule has 0 bridgehead atoms. The number of sulfonamides is 1. The molecule has 0 saturated heterocycles. The fourth-order valence-corrected chi connectivity index (χ4v) is 4.65. The quantitative estimate of drug-likeness (QED) is 0.607. The molecule has 5 nitrogen and oxygen atoms in total. The van der Waals surface area contributed by atoms with E-state index >= 15 is 0 Å². The summed E-state index contributed by atoms with van der Waals surface area (Å²) in [7, 11) is -2.04. The van der Waals surface area contributed by atoms with E-state index in [-0.39, 0.29) is 9.56 Å². The van der Waals surface area contributed by atoms with E-state index in [1.165, 1.54) is 6.07 Å². The van der Waals surface area contributed by atoms with Crippen LogP contribution >= 0.6 is 50.1 Å². The van der Waals surface area contributed by atoms with Gasteiger partial charge in [-0.05, 0) is 63.8 Å². The van der Waals surface area contributed by atoms with Gasteiger partial charge in [-0.1, -0.05) is 11.6 Å². The van der Waals surface area contributed by atoms with Crippen LogP contribution in [0.25, 0.3) is 0 Å². The zero-order valence-corrected chi connectivity index (χ0v) is 16.1. The summed E-state index contributed by atoms with van der Waals surface area (Å²) < 4.78 is 33.6. The Morgan fingerprint density at radius 1 is 1.38 bits per heavy atom. The van der Waals surface area contributed by atoms with E-state index in [1.54, 1.807) is 25.2 Å². The predicted octanol–water partition coefficient (Wildman–Crippen LogP) is 3.82. The highest BCUT2D eigenvalue weighted by molar-refractivity contribution is 14.1. The summed E-state index contributed by atoms with van der Waals surface area (Å²) in [5.41, 5.74) is 0.320. The lowest BCUT2D eigenvalue weighted by Gasteiger charge is -2.08. The Balaban J connectivity index is 2.34. The molecule has 0 fully saturated rings. The maximum atomic E-state index is 12.4. The molecule has 9 heteroatoms. The SMILES string of the molecule is CNCc1cc(S(=O)(=O)Nc2ccc(I)cc2Cl)c(Br)o1. The van der Waals surface area contributed by atoms with Gasteiger partial charge in [0.15, 0.2) is 4.67 Å². The van der Waals surface area contributed by atoms with Gasteiger partial charge in [-0.3, -0.25) is 4.72 Å². The number of halogens is 3. The molecule has 0 unspecified atom stereocenters. The van der Waals surface area contributed by atoms with Crippen LogP contribution in [0, 0.1) is 3.57 Å². The second-order valence-corrected chi connectivity index (χ2v) is 8.13. The van der Waals surface area contributed by atoms with Crippen LogP contribution in [-0.2, 0) is 16.6 Å². The highest BCUT2D eigenvalue weighted by Crippen LogP contribution is 2.30. The standard InChI is InChI=1S/C12H11BrClIN2O3S/c1-16-6-8-5-11(12(13)20-8)21(18,19)17-10-3-2-7(15)4-9(10)14/h2-5,16-17H,6H2,1H3. The van der Waals surface area contributed by atoms with Gasteiger partial charge in [-0.2, -0.15) is 0 Å². The first-order valence-corrected chi connectivity index (χ1v) is 9.47. The van der Waals surface area contributed by atoms with Crippen molar-refractivity contribution in [3.05, 3.63) is 43.3 Å². The van der Waals surface area contributed by atoms with Crippen LogP contribution in [0.4, 0.5) is 5.69 Å². The summed E-state index contributed by atoms with van der Waals surface area (Å²) in [6.07, 6.45) is 0. The van der Waals surface area contributed by atoms with Crippen LogP contribution < -0.4 is 10.0 Å². The van der Waals surface area contributed by atoms with Crippen molar-refractivity contribution in [1.29, 1.82) is 0 Å². The van der Waals surface area contributed by atoms with Crippen molar-refractivity contribution in [2.45, 2.75) is 11.4 Å². The molecule has 2 rings (SSSR count). The van der Waals surface area contributed by atoms with E-state index in [4.69, 9.17) is 16.0 Å². The van der Waals surface area contributed by atoms with Crippen LogP contribution in [0.1, 0.15) is 5.76 Å². The molecule has 21 heavy (non-hydrogen) atoms. The minimum atomic E-state index is -3.78. The lowest BCUT2D eigenvalue weighted by molar-refractivity contribution is 0.470. The van der Waals surface area contributed by atoms with Crippen LogP contribution in [-0.4, -0.2) is 15.5 Å². The van der Waals surface area contributed by atoms with Gasteiger partial charge in [0.05, 0.1) is 17.3 Å². The van der Waals surface area contributed by atoms with Gasteiger partial charge in [0, 0.05) is 9.64 Å². The van der Waals surface area contributed by atoms with Crippen molar-refractivity contribution >= 4 is 65.8 Å². The van der Waals surface area contributed by atoms with Gasteiger partial charge in [-0.15, -0.1) is 0 Å². The molecule has 0 atom stereocenters. The first-order chi connectivity index (χ1) is 9.83. The van der Waals surface area contributed by atoms with Crippen LogP contribution in [0.15, 0.2) is 38.2 Å². The van der Waals surface area contributed by atoms with Gasteiger partial charge >= 0.3 is 0 Å². The molecule has 0 aliphatic carbocycles. The fraction of sp³-hybridized carbons (Fsp3) is 0.167. The maximum absolute atomic E-state index is 12.4. The fourth-order valence-electron chi connectivity index (χ4n) is 1.61. The summed E-state index contributed by atoms with van der Waals surface area (Å²) in [5, 5.41) is 3.22. The van der Waals surface area contributed by atoms with Gasteiger partial charge in [0.1, 0.15) is 10.7 Å². The van der Waals surface area contributed by atoms with Gasteiger partial charge < -0.3 is 9.73 Å². The zero-order chi connectivity index (χ0) is 15.6. The van der Waals surface area contributed by atoms with Crippen molar-refractivity contribution in [3.8, 4) is 0 Å². The summed E-state index contributed by atoms with van der Waals surface area (Å²) >= 11 is 11.3. The second-order valence-electron chi connectivity index (χ2n) is 4.11. The molecule has 0 amide bonds. The third-order valence-corrected chi connectivity index (χ3v) is 5.73. The second kappa shape index (κ2) is 6.86. The third kappa shape index (κ3) is 4.13. The molecule has 0 spiro atoms. The number of hydrogen-bond donors (Lipinski definition) is 2. The minimum Gasteiger partial charge on any atom is -0.451 e. The van der Waals surface area contributed by atoms with Gasteiger partial charge in [0.25, 0.3) is 10.0 Å². The van der Waals surface area contributed by atoms with E-state index < -0.39 is 10.0 Å². The molecule has 1 aromatic heterocycles. The van der Waals surface area contributed by atoms with Gasteiger partial charge in [0.2, 0.25) is 0 Å². The maximum Gasteiger partial charge on any atom is 0.266 e. The summed E-state index contributed by atoms with van der Waals surface area (Å²) in [6.45, 7) is 0.429. The predicted molar refractivity (Wildman–Crippen MR) is 94.1 cm³/mol. The smallest absolute Gasteiger partial charge is 0.266 e. The van der Waals surface area contributed by atoms with Crippen LogP contribution in [0.3, 0.4) is 0 Å². The topological polar surface area (TPSA) is 71.3 Å². The molecule has 2 N–H and O–H groups in total. The summed E-state index contributed by atoms with van der Waals surface area (Å²) in [4.78, 5) is 0.0300. The van der Waals surface area contributed by atoms with Gasteiger partial charge in [-0.25, -0.2) is 8.42 Å². The van der Waals surface area contributed by atoms with Crippen molar-refractivity contribution in [2.75, 3.05) is 11.8 Å². The number of nitrogens with one attached hydrogen (secondary N) is 2.